The van der Waals surface area contributed by atoms with E-state index in [4.69, 9.17) is 10.1 Å². The molecule has 3 heterocycles. The van der Waals surface area contributed by atoms with Crippen molar-refractivity contribution in [1.82, 2.24) is 14.8 Å². The number of likely N-dealkylation sites (tertiary alicyclic amines) is 1. The topological polar surface area (TPSA) is 120 Å². The van der Waals surface area contributed by atoms with Crippen molar-refractivity contribution in [1.29, 1.82) is 5.41 Å². The minimum atomic E-state index is -0.758. The van der Waals surface area contributed by atoms with Crippen LogP contribution in [-0.4, -0.2) is 45.9 Å². The van der Waals surface area contributed by atoms with Gasteiger partial charge in [-0.05, 0) is 67.4 Å². The van der Waals surface area contributed by atoms with Crippen molar-refractivity contribution in [3.8, 4) is 11.4 Å². The highest BCUT2D eigenvalue weighted by Crippen LogP contribution is 2.28. The van der Waals surface area contributed by atoms with Crippen LogP contribution in [-0.2, 0) is 0 Å². The lowest BCUT2D eigenvalue weighted by atomic mass is 10.1. The first-order valence-corrected chi connectivity index (χ1v) is 12.9. The second-order valence-corrected chi connectivity index (χ2v) is 9.46. The molecule has 0 radical (unpaired) electrons. The van der Waals surface area contributed by atoms with E-state index in [9.17, 15) is 19.1 Å². The van der Waals surface area contributed by atoms with Gasteiger partial charge in [-0.3, -0.25) is 14.2 Å². The zero-order chi connectivity index (χ0) is 28.9. The fourth-order valence-electron chi connectivity index (χ4n) is 4.53. The third-order valence-corrected chi connectivity index (χ3v) is 6.71. The van der Waals surface area contributed by atoms with Crippen LogP contribution in [0.1, 0.15) is 23.2 Å². The third-order valence-electron chi connectivity index (χ3n) is 6.71. The van der Waals surface area contributed by atoms with Gasteiger partial charge < -0.3 is 30.8 Å². The van der Waals surface area contributed by atoms with Crippen LogP contribution in [0.5, 0.6) is 5.75 Å². The van der Waals surface area contributed by atoms with Gasteiger partial charge in [-0.25, -0.2) is 8.78 Å². The lowest BCUT2D eigenvalue weighted by molar-refractivity contribution is 0.0981. The van der Waals surface area contributed by atoms with Gasteiger partial charge in [0.25, 0.3) is 11.5 Å². The number of hydrogen-bond donors (Lipinski definition) is 4. The summed E-state index contributed by atoms with van der Waals surface area (Å²) < 4.78 is 35.5. The van der Waals surface area contributed by atoms with E-state index < -0.39 is 23.1 Å². The largest absolute Gasteiger partial charge is 0.452 e. The minimum absolute atomic E-state index is 0.106. The van der Waals surface area contributed by atoms with Gasteiger partial charge in [0.05, 0.1) is 17.5 Å². The zero-order valence-corrected chi connectivity index (χ0v) is 21.8. The Kier molecular flexibility index (Phi) is 8.06. The number of hydrogen-bond acceptors (Lipinski definition) is 7. The molecule has 0 saturated carbocycles. The number of ether oxygens (including phenoxy) is 1. The van der Waals surface area contributed by atoms with Crippen molar-refractivity contribution in [2.24, 2.45) is 0 Å². The van der Waals surface area contributed by atoms with Crippen molar-refractivity contribution in [3.63, 3.8) is 0 Å². The molecule has 11 heteroatoms. The first-order valence-electron chi connectivity index (χ1n) is 12.9. The van der Waals surface area contributed by atoms with Crippen LogP contribution in [0.15, 0.2) is 101 Å². The van der Waals surface area contributed by atoms with Gasteiger partial charge in [-0.15, -0.1) is 0 Å². The summed E-state index contributed by atoms with van der Waals surface area (Å²) in [5.41, 5.74) is 0.951. The van der Waals surface area contributed by atoms with E-state index >= 15 is 4.39 Å². The van der Waals surface area contributed by atoms with Crippen molar-refractivity contribution >= 4 is 17.8 Å². The van der Waals surface area contributed by atoms with Gasteiger partial charge in [0.1, 0.15) is 11.4 Å². The molecular weight excluding hydrogens is 532 g/mol. The van der Waals surface area contributed by atoms with Gasteiger partial charge in [0.2, 0.25) is 0 Å². The average Bonchev–Trinajstić information content (AvgIpc) is 2.96. The second-order valence-electron chi connectivity index (χ2n) is 9.46. The molecule has 210 valence electrons. The number of rotatable bonds is 7. The molecule has 1 saturated heterocycles. The van der Waals surface area contributed by atoms with Crippen LogP contribution in [0.2, 0.25) is 0 Å². The molecule has 0 aliphatic carbocycles. The Labute approximate surface area is 234 Å². The highest BCUT2D eigenvalue weighted by molar-refractivity contribution is 6.04. The van der Waals surface area contributed by atoms with Crippen LogP contribution in [0, 0.1) is 17.0 Å². The number of nitrogens with one attached hydrogen (secondary N) is 3. The summed E-state index contributed by atoms with van der Waals surface area (Å²) >= 11 is 0. The van der Waals surface area contributed by atoms with E-state index in [1.807, 2.05) is 0 Å². The predicted molar refractivity (Wildman–Crippen MR) is 150 cm³/mol. The zero-order valence-electron chi connectivity index (χ0n) is 21.8. The molecular formula is C30H27F2N5O4. The van der Waals surface area contributed by atoms with Crippen LogP contribution in [0.25, 0.3) is 5.69 Å². The lowest BCUT2D eigenvalue weighted by Gasteiger charge is -2.33. The maximum absolute atomic E-state index is 15.1. The molecule has 2 aliphatic rings. The number of amides is 1. The average molecular weight is 560 g/mol. The molecule has 0 spiro atoms. The first kappa shape index (κ1) is 27.5. The number of benzene rings is 2. The molecule has 9 nitrogen and oxygen atoms in total. The SMILES string of the molecule is N=C/C=C1\NC=C(N2CCC(O)CC2)C=C1Oc1ccc(NC(=O)c2cccn(-c3ccc(F)cc3)c2=O)cc1F. The van der Waals surface area contributed by atoms with Crippen LogP contribution in [0.3, 0.4) is 0 Å². The Morgan fingerprint density at radius 3 is 2.59 bits per heavy atom. The van der Waals surface area contributed by atoms with Crippen molar-refractivity contribution in [2.45, 2.75) is 18.9 Å². The number of carbonyl (C=O) groups is 1. The summed E-state index contributed by atoms with van der Waals surface area (Å²) in [6.45, 7) is 1.31. The molecule has 1 amide bonds. The second kappa shape index (κ2) is 12.0. The van der Waals surface area contributed by atoms with Crippen LogP contribution in [0.4, 0.5) is 14.5 Å². The van der Waals surface area contributed by atoms with Gasteiger partial charge in [-0.2, -0.15) is 0 Å². The minimum Gasteiger partial charge on any atom is -0.452 e. The van der Waals surface area contributed by atoms with Crippen molar-refractivity contribution in [3.05, 3.63) is 124 Å². The highest BCUT2D eigenvalue weighted by atomic mass is 19.1. The van der Waals surface area contributed by atoms with E-state index in [-0.39, 0.29) is 23.1 Å². The molecule has 1 fully saturated rings. The molecule has 0 unspecified atom stereocenters. The maximum atomic E-state index is 15.1. The maximum Gasteiger partial charge on any atom is 0.267 e. The van der Waals surface area contributed by atoms with E-state index in [2.05, 4.69) is 15.5 Å². The molecule has 0 bridgehead atoms. The Bertz CT molecular complexity index is 1620. The molecule has 5 rings (SSSR count). The monoisotopic (exact) mass is 559 g/mol. The number of nitrogens with zero attached hydrogens (tertiary/aromatic N) is 2. The Morgan fingerprint density at radius 2 is 1.88 bits per heavy atom. The third kappa shape index (κ3) is 6.25. The summed E-state index contributed by atoms with van der Waals surface area (Å²) in [5, 5.41) is 22.8. The van der Waals surface area contributed by atoms with E-state index in [1.54, 1.807) is 12.3 Å². The van der Waals surface area contributed by atoms with Crippen molar-refractivity contribution < 1.29 is 23.4 Å². The molecule has 3 aromatic rings. The molecule has 0 atom stereocenters. The fraction of sp³-hybridized carbons (Fsp3) is 0.167. The number of aliphatic hydroxyl groups excluding tert-OH is 1. The number of carbonyl (C=O) groups excluding carboxylic acids is 1. The number of piperidine rings is 1. The summed E-state index contributed by atoms with van der Waals surface area (Å²) in [5.74, 6) is -1.77. The number of allylic oxidation sites excluding steroid dienone is 2. The number of pyridine rings is 1. The number of aliphatic hydroxyl groups is 1. The Hall–Kier alpha value is -5.03. The van der Waals surface area contributed by atoms with Gasteiger partial charge in [0.15, 0.2) is 17.3 Å². The molecule has 4 N–H and O–H groups in total. The summed E-state index contributed by atoms with van der Waals surface area (Å²) in [6.07, 6.45) is 8.46. The van der Waals surface area contributed by atoms with Gasteiger partial charge >= 0.3 is 0 Å². The number of dihydropyridines is 1. The predicted octanol–water partition coefficient (Wildman–Crippen LogP) is 4.07. The highest BCUT2D eigenvalue weighted by Gasteiger charge is 2.22. The number of anilines is 1. The molecule has 2 aliphatic heterocycles. The van der Waals surface area contributed by atoms with E-state index in [1.165, 1.54) is 65.4 Å². The number of aromatic nitrogens is 1. The smallest absolute Gasteiger partial charge is 0.267 e. The summed E-state index contributed by atoms with van der Waals surface area (Å²) in [4.78, 5) is 27.9. The molecule has 2 aromatic carbocycles. The van der Waals surface area contributed by atoms with Crippen LogP contribution < -0.4 is 20.9 Å². The first-order chi connectivity index (χ1) is 19.8. The molecule has 41 heavy (non-hydrogen) atoms. The standard InChI is InChI=1S/C30H27F2N5O4/c31-19-3-6-21(7-4-19)37-13-1-2-24(30(37)40)29(39)35-20-5-8-27(25(32)16-20)41-28-17-22(18-34-26(28)9-12-33)36-14-10-23(38)11-15-36/h1-9,12-13,16-18,23,33-34,38H,10-11,14-15H2,(H,35,39)/b26-9-,33-12?. The van der Waals surface area contributed by atoms with E-state index in [0.29, 0.717) is 43.1 Å². The Balaban J connectivity index is 1.33. The van der Waals surface area contributed by atoms with Crippen molar-refractivity contribution in [2.75, 3.05) is 18.4 Å². The summed E-state index contributed by atoms with van der Waals surface area (Å²) in [6, 6.07) is 12.0. The Morgan fingerprint density at radius 1 is 1.12 bits per heavy atom. The van der Waals surface area contributed by atoms with Gasteiger partial charge in [0, 0.05) is 55.2 Å². The van der Waals surface area contributed by atoms with Crippen LogP contribution >= 0.6 is 0 Å². The number of halogens is 2. The summed E-state index contributed by atoms with van der Waals surface area (Å²) in [7, 11) is 0. The molecule has 1 aromatic heterocycles. The quantitative estimate of drug-likeness (QED) is 0.324. The normalized spacial score (nSPS) is 16.5. The lowest BCUT2D eigenvalue weighted by Crippen LogP contribution is -2.36. The fourth-order valence-corrected chi connectivity index (χ4v) is 4.53. The van der Waals surface area contributed by atoms with Gasteiger partial charge in [-0.1, -0.05) is 0 Å². The van der Waals surface area contributed by atoms with E-state index in [0.717, 1.165) is 18.0 Å².